The number of rotatable bonds is 1. The molecule has 0 atom stereocenters. The summed E-state index contributed by atoms with van der Waals surface area (Å²) in [6.07, 6.45) is -0.118. The number of halogens is 1. The number of pyridine rings is 2. The lowest BCUT2D eigenvalue weighted by atomic mass is 10.2. The first kappa shape index (κ1) is 21.1. The van der Waals surface area contributed by atoms with E-state index in [2.05, 4.69) is 25.9 Å². The molecule has 2 amide bonds. The standard InChI is InChI=1S/C19H24BrN3O4/c1-11-8-12-9-13(20)10-21-14(12)22-15(11)23(16(24)26-18(2,3)4)17(25)27-19(5,6)7/h8-10H,1-7H3. The van der Waals surface area contributed by atoms with Gasteiger partial charge in [-0.15, -0.1) is 0 Å². The third kappa shape index (κ3) is 5.63. The SMILES string of the molecule is Cc1cc2cc(Br)cnc2nc1N(C(=O)OC(C)(C)C)C(=O)OC(C)(C)C. The highest BCUT2D eigenvalue weighted by atomic mass is 79.9. The summed E-state index contributed by atoms with van der Waals surface area (Å²) in [6, 6.07) is 3.66. The molecule has 0 aliphatic carbocycles. The fraction of sp³-hybridized carbons (Fsp3) is 0.474. The van der Waals surface area contributed by atoms with Crippen molar-refractivity contribution in [2.45, 2.75) is 59.7 Å². The van der Waals surface area contributed by atoms with Gasteiger partial charge in [0.15, 0.2) is 11.5 Å². The van der Waals surface area contributed by atoms with E-state index in [0.717, 1.165) is 14.8 Å². The molecule has 0 radical (unpaired) electrons. The average molecular weight is 438 g/mol. The number of carbonyl (C=O) groups excluding carboxylic acids is 2. The molecule has 27 heavy (non-hydrogen) atoms. The van der Waals surface area contributed by atoms with Gasteiger partial charge in [0.25, 0.3) is 0 Å². The molecule has 146 valence electrons. The second-order valence-corrected chi connectivity index (χ2v) is 9.04. The Kier molecular flexibility index (Phi) is 5.79. The molecule has 8 heteroatoms. The number of amides is 2. The molecule has 0 aromatic carbocycles. The highest BCUT2D eigenvalue weighted by Crippen LogP contribution is 2.27. The molecule has 0 unspecified atom stereocenters. The zero-order chi connectivity index (χ0) is 20.6. The number of aromatic nitrogens is 2. The molecule has 0 N–H and O–H groups in total. The van der Waals surface area contributed by atoms with Crippen LogP contribution in [0.25, 0.3) is 11.0 Å². The Morgan fingerprint density at radius 1 is 1.00 bits per heavy atom. The lowest BCUT2D eigenvalue weighted by Crippen LogP contribution is -2.44. The molecule has 0 bridgehead atoms. The van der Waals surface area contributed by atoms with Gasteiger partial charge in [-0.2, -0.15) is 4.90 Å². The van der Waals surface area contributed by atoms with Gasteiger partial charge in [-0.3, -0.25) is 0 Å². The third-order valence-corrected chi connectivity index (χ3v) is 3.60. The summed E-state index contributed by atoms with van der Waals surface area (Å²) in [5.41, 5.74) is -0.564. The van der Waals surface area contributed by atoms with Gasteiger partial charge >= 0.3 is 12.2 Å². The molecule has 2 aromatic rings. The van der Waals surface area contributed by atoms with E-state index in [9.17, 15) is 9.59 Å². The normalized spacial score (nSPS) is 12.0. The number of hydrogen-bond acceptors (Lipinski definition) is 6. The Bertz CT molecular complexity index is 857. The van der Waals surface area contributed by atoms with E-state index in [1.807, 2.05) is 6.07 Å². The third-order valence-electron chi connectivity index (χ3n) is 3.16. The molecule has 2 heterocycles. The minimum absolute atomic E-state index is 0.126. The minimum Gasteiger partial charge on any atom is -0.443 e. The van der Waals surface area contributed by atoms with Crippen LogP contribution in [0.1, 0.15) is 47.1 Å². The summed E-state index contributed by atoms with van der Waals surface area (Å²) in [7, 11) is 0. The molecule has 0 fully saturated rings. The van der Waals surface area contributed by atoms with Gasteiger partial charge < -0.3 is 9.47 Å². The Morgan fingerprint density at radius 2 is 1.52 bits per heavy atom. The smallest absolute Gasteiger partial charge is 0.425 e. The minimum atomic E-state index is -0.858. The maximum absolute atomic E-state index is 12.8. The number of aryl methyl sites for hydroxylation is 1. The van der Waals surface area contributed by atoms with Crippen molar-refractivity contribution >= 4 is 45.0 Å². The number of hydrogen-bond donors (Lipinski definition) is 0. The van der Waals surface area contributed by atoms with Crippen LogP contribution in [0.15, 0.2) is 22.8 Å². The van der Waals surface area contributed by atoms with Gasteiger partial charge in [0, 0.05) is 16.1 Å². The zero-order valence-corrected chi connectivity index (χ0v) is 18.2. The Balaban J connectivity index is 2.56. The number of ether oxygens (including phenoxy) is 2. The zero-order valence-electron chi connectivity index (χ0n) is 16.6. The highest BCUT2D eigenvalue weighted by molar-refractivity contribution is 9.10. The second-order valence-electron chi connectivity index (χ2n) is 8.13. The largest absolute Gasteiger partial charge is 0.443 e. The Morgan fingerprint density at radius 3 is 2.00 bits per heavy atom. The number of imide groups is 1. The van der Waals surface area contributed by atoms with E-state index in [1.165, 1.54) is 0 Å². The summed E-state index contributed by atoms with van der Waals surface area (Å²) in [4.78, 5) is 35.0. The molecule has 2 aromatic heterocycles. The lowest BCUT2D eigenvalue weighted by molar-refractivity contribution is 0.0429. The van der Waals surface area contributed by atoms with Crippen LogP contribution in [-0.2, 0) is 9.47 Å². The number of fused-ring (bicyclic) bond motifs is 1. The van der Waals surface area contributed by atoms with E-state index in [1.54, 1.807) is 60.7 Å². The summed E-state index contributed by atoms with van der Waals surface area (Å²) in [6.45, 7) is 12.1. The van der Waals surface area contributed by atoms with Crippen LogP contribution in [0.2, 0.25) is 0 Å². The summed E-state index contributed by atoms with van der Waals surface area (Å²) < 4.78 is 11.6. The van der Waals surface area contributed by atoms with Crippen molar-refractivity contribution in [1.29, 1.82) is 0 Å². The number of anilines is 1. The first-order chi connectivity index (χ1) is 12.3. The van der Waals surface area contributed by atoms with Crippen molar-refractivity contribution in [1.82, 2.24) is 9.97 Å². The van der Waals surface area contributed by atoms with Crippen molar-refractivity contribution in [3.63, 3.8) is 0 Å². The summed E-state index contributed by atoms with van der Waals surface area (Å²) >= 11 is 3.37. The second kappa shape index (κ2) is 7.42. The molecular formula is C19H24BrN3O4. The van der Waals surface area contributed by atoms with Crippen molar-refractivity contribution in [2.75, 3.05) is 4.90 Å². The van der Waals surface area contributed by atoms with Gasteiger partial charge in [-0.05, 0) is 82.1 Å². The van der Waals surface area contributed by atoms with E-state index in [0.29, 0.717) is 11.2 Å². The van der Waals surface area contributed by atoms with Gasteiger partial charge in [0.2, 0.25) is 0 Å². The van der Waals surface area contributed by atoms with Crippen molar-refractivity contribution in [3.05, 3.63) is 28.4 Å². The van der Waals surface area contributed by atoms with E-state index in [-0.39, 0.29) is 5.82 Å². The molecule has 0 saturated carbocycles. The average Bonchev–Trinajstić information content (AvgIpc) is 2.44. The fourth-order valence-electron chi connectivity index (χ4n) is 2.22. The van der Waals surface area contributed by atoms with Gasteiger partial charge in [0.05, 0.1) is 0 Å². The van der Waals surface area contributed by atoms with Crippen LogP contribution in [0, 0.1) is 6.92 Å². The van der Waals surface area contributed by atoms with Gasteiger partial charge in [-0.1, -0.05) is 0 Å². The maximum Gasteiger partial charge on any atom is 0.425 e. The number of carbonyl (C=O) groups is 2. The van der Waals surface area contributed by atoms with Crippen molar-refractivity contribution < 1.29 is 19.1 Å². The number of nitrogens with zero attached hydrogens (tertiary/aromatic N) is 3. The molecule has 0 saturated heterocycles. The fourth-order valence-corrected chi connectivity index (χ4v) is 2.57. The monoisotopic (exact) mass is 437 g/mol. The topological polar surface area (TPSA) is 81.6 Å². The quantitative estimate of drug-likeness (QED) is 0.595. The highest BCUT2D eigenvalue weighted by Gasteiger charge is 2.34. The predicted octanol–water partition coefficient (Wildman–Crippen LogP) is 5.38. The van der Waals surface area contributed by atoms with Crippen LogP contribution in [-0.4, -0.2) is 33.4 Å². The molecule has 0 spiro atoms. The Labute approximate surface area is 167 Å². The van der Waals surface area contributed by atoms with E-state index >= 15 is 0 Å². The molecule has 0 aliphatic rings. The predicted molar refractivity (Wildman–Crippen MR) is 107 cm³/mol. The molecule has 0 aliphatic heterocycles. The lowest BCUT2D eigenvalue weighted by Gasteiger charge is -2.28. The van der Waals surface area contributed by atoms with Gasteiger partial charge in [0.1, 0.15) is 11.2 Å². The van der Waals surface area contributed by atoms with Crippen LogP contribution >= 0.6 is 15.9 Å². The van der Waals surface area contributed by atoms with Crippen LogP contribution in [0.4, 0.5) is 15.4 Å². The maximum atomic E-state index is 12.8. The molecular weight excluding hydrogens is 414 g/mol. The van der Waals surface area contributed by atoms with Gasteiger partial charge in [-0.25, -0.2) is 19.6 Å². The molecule has 2 rings (SSSR count). The Hall–Kier alpha value is -2.22. The van der Waals surface area contributed by atoms with E-state index in [4.69, 9.17) is 9.47 Å². The first-order valence-corrected chi connectivity index (χ1v) is 9.25. The van der Waals surface area contributed by atoms with Crippen LogP contribution in [0.5, 0.6) is 0 Å². The summed E-state index contributed by atoms with van der Waals surface area (Å²) in [5, 5.41) is 0.777. The van der Waals surface area contributed by atoms with E-state index < -0.39 is 23.4 Å². The van der Waals surface area contributed by atoms with Crippen molar-refractivity contribution in [3.8, 4) is 0 Å². The summed E-state index contributed by atoms with van der Waals surface area (Å²) in [5.74, 6) is 0.126. The molecule has 7 nitrogen and oxygen atoms in total. The van der Waals surface area contributed by atoms with Crippen LogP contribution < -0.4 is 4.90 Å². The first-order valence-electron chi connectivity index (χ1n) is 8.46. The van der Waals surface area contributed by atoms with Crippen LogP contribution in [0.3, 0.4) is 0 Å². The van der Waals surface area contributed by atoms with Crippen molar-refractivity contribution in [2.24, 2.45) is 0 Å².